The van der Waals surface area contributed by atoms with E-state index in [1.54, 1.807) is 0 Å². The molecule has 1 aromatic carbocycles. The minimum atomic E-state index is 0.683. The van der Waals surface area contributed by atoms with Crippen LogP contribution in [0.1, 0.15) is 0 Å². The van der Waals surface area contributed by atoms with Gasteiger partial charge in [-0.05, 0) is 24.3 Å². The summed E-state index contributed by atoms with van der Waals surface area (Å²) in [5.74, 6) is 0.810. The maximum Gasteiger partial charge on any atom is 0.148 e. The number of anilines is 1. The van der Waals surface area contributed by atoms with Gasteiger partial charge in [0, 0.05) is 0 Å². The lowest BCUT2D eigenvalue weighted by Crippen LogP contribution is -1.84. The maximum atomic E-state index is 5.89. The second kappa shape index (κ2) is 3.50. The van der Waals surface area contributed by atoms with E-state index in [9.17, 15) is 0 Å². The highest BCUT2D eigenvalue weighted by Crippen LogP contribution is 2.31. The SMILES string of the molecule is Nc1cccc2[nH]c(-c3ccc(Cl)s3)nc12. The fraction of sp³-hybridized carbons (Fsp3) is 0. The lowest BCUT2D eigenvalue weighted by atomic mass is 10.3. The number of fused-ring (bicyclic) bond motifs is 1. The van der Waals surface area contributed by atoms with E-state index >= 15 is 0 Å². The van der Waals surface area contributed by atoms with Crippen molar-refractivity contribution in [2.24, 2.45) is 0 Å². The number of thiophene rings is 1. The van der Waals surface area contributed by atoms with Gasteiger partial charge in [0.1, 0.15) is 11.3 Å². The molecule has 0 unspecified atom stereocenters. The number of halogens is 1. The van der Waals surface area contributed by atoms with Gasteiger partial charge in [0.2, 0.25) is 0 Å². The molecule has 2 heterocycles. The zero-order chi connectivity index (χ0) is 11.1. The van der Waals surface area contributed by atoms with E-state index < -0.39 is 0 Å². The number of aromatic nitrogens is 2. The monoisotopic (exact) mass is 249 g/mol. The van der Waals surface area contributed by atoms with E-state index in [0.717, 1.165) is 26.1 Å². The Morgan fingerprint density at radius 2 is 2.12 bits per heavy atom. The Balaban J connectivity index is 2.22. The molecule has 0 spiro atoms. The van der Waals surface area contributed by atoms with Gasteiger partial charge in [-0.3, -0.25) is 0 Å². The average molecular weight is 250 g/mol. The molecule has 5 heteroatoms. The average Bonchev–Trinajstić information content (AvgIpc) is 2.84. The van der Waals surface area contributed by atoms with Crippen LogP contribution in [-0.2, 0) is 0 Å². The first-order chi connectivity index (χ1) is 7.74. The van der Waals surface area contributed by atoms with Gasteiger partial charge in [-0.25, -0.2) is 4.98 Å². The lowest BCUT2D eigenvalue weighted by molar-refractivity contribution is 1.36. The minimum Gasteiger partial charge on any atom is -0.397 e. The third kappa shape index (κ3) is 1.47. The number of aromatic amines is 1. The van der Waals surface area contributed by atoms with Crippen LogP contribution < -0.4 is 5.73 Å². The maximum absolute atomic E-state index is 5.89. The molecule has 3 rings (SSSR count). The third-order valence-corrected chi connectivity index (χ3v) is 3.59. The van der Waals surface area contributed by atoms with Gasteiger partial charge < -0.3 is 10.7 Å². The second-order valence-electron chi connectivity index (χ2n) is 3.43. The normalized spacial score (nSPS) is 11.1. The topological polar surface area (TPSA) is 54.7 Å². The highest BCUT2D eigenvalue weighted by atomic mass is 35.5. The standard InChI is InChI=1S/C11H8ClN3S/c12-9-5-4-8(16-9)11-14-7-3-1-2-6(13)10(7)15-11/h1-5H,13H2,(H,14,15). The van der Waals surface area contributed by atoms with Crippen LogP contribution in [0.15, 0.2) is 30.3 Å². The number of nitrogens with one attached hydrogen (secondary N) is 1. The minimum absolute atomic E-state index is 0.683. The number of nitrogen functional groups attached to an aromatic ring is 1. The molecular formula is C11H8ClN3S. The summed E-state index contributed by atoms with van der Waals surface area (Å²) in [6.07, 6.45) is 0. The highest BCUT2D eigenvalue weighted by Gasteiger charge is 2.08. The molecule has 3 aromatic rings. The highest BCUT2D eigenvalue weighted by molar-refractivity contribution is 7.19. The van der Waals surface area contributed by atoms with Crippen molar-refractivity contribution in [1.29, 1.82) is 0 Å². The molecule has 80 valence electrons. The van der Waals surface area contributed by atoms with Crippen LogP contribution in [0.4, 0.5) is 5.69 Å². The molecule has 2 aromatic heterocycles. The van der Waals surface area contributed by atoms with Gasteiger partial charge in [0.05, 0.1) is 20.4 Å². The van der Waals surface area contributed by atoms with Crippen LogP contribution in [-0.4, -0.2) is 9.97 Å². The van der Waals surface area contributed by atoms with E-state index in [0.29, 0.717) is 5.69 Å². The molecule has 3 nitrogen and oxygen atoms in total. The van der Waals surface area contributed by atoms with Crippen molar-refractivity contribution in [1.82, 2.24) is 9.97 Å². The largest absolute Gasteiger partial charge is 0.397 e. The van der Waals surface area contributed by atoms with Crippen molar-refractivity contribution >= 4 is 39.7 Å². The van der Waals surface area contributed by atoms with Gasteiger partial charge in [-0.1, -0.05) is 17.7 Å². The molecule has 0 saturated heterocycles. The molecule has 0 aliphatic heterocycles. The second-order valence-corrected chi connectivity index (χ2v) is 5.15. The first-order valence-electron chi connectivity index (χ1n) is 4.74. The summed E-state index contributed by atoms with van der Waals surface area (Å²) in [4.78, 5) is 8.71. The van der Waals surface area contributed by atoms with Crippen molar-refractivity contribution < 1.29 is 0 Å². The summed E-state index contributed by atoms with van der Waals surface area (Å²) in [5.41, 5.74) is 8.28. The Bertz CT molecular complexity index is 656. The smallest absolute Gasteiger partial charge is 0.148 e. The third-order valence-electron chi connectivity index (χ3n) is 2.35. The number of imidazole rings is 1. The van der Waals surface area contributed by atoms with E-state index in [2.05, 4.69) is 9.97 Å². The molecular weight excluding hydrogens is 242 g/mol. The fourth-order valence-corrected chi connectivity index (χ4v) is 2.60. The van der Waals surface area contributed by atoms with Crippen LogP contribution in [0.25, 0.3) is 21.7 Å². The molecule has 0 bridgehead atoms. The zero-order valence-corrected chi connectivity index (χ0v) is 9.77. The van der Waals surface area contributed by atoms with Crippen LogP contribution >= 0.6 is 22.9 Å². The Morgan fingerprint density at radius 1 is 1.25 bits per heavy atom. The van der Waals surface area contributed by atoms with Gasteiger partial charge in [0.15, 0.2) is 0 Å². The molecule has 0 amide bonds. The number of nitrogens with zero attached hydrogens (tertiary/aromatic N) is 1. The fourth-order valence-electron chi connectivity index (χ4n) is 1.61. The van der Waals surface area contributed by atoms with Crippen molar-refractivity contribution in [2.75, 3.05) is 5.73 Å². The van der Waals surface area contributed by atoms with Crippen LogP contribution in [0.2, 0.25) is 4.34 Å². The van der Waals surface area contributed by atoms with E-state index in [1.165, 1.54) is 11.3 Å². The zero-order valence-electron chi connectivity index (χ0n) is 8.20. The Kier molecular flexibility index (Phi) is 2.12. The number of H-pyrrole nitrogens is 1. The van der Waals surface area contributed by atoms with Crippen LogP contribution in [0.3, 0.4) is 0 Å². The van der Waals surface area contributed by atoms with Crippen molar-refractivity contribution in [3.63, 3.8) is 0 Å². The van der Waals surface area contributed by atoms with Crippen molar-refractivity contribution in [3.05, 3.63) is 34.7 Å². The van der Waals surface area contributed by atoms with E-state index in [1.807, 2.05) is 30.3 Å². The van der Waals surface area contributed by atoms with Gasteiger partial charge in [-0.15, -0.1) is 11.3 Å². The molecule has 0 aliphatic rings. The number of hydrogen-bond donors (Lipinski definition) is 2. The molecule has 16 heavy (non-hydrogen) atoms. The number of nitrogens with two attached hydrogens (primary N) is 1. The molecule has 3 N–H and O–H groups in total. The number of hydrogen-bond acceptors (Lipinski definition) is 3. The molecule has 0 radical (unpaired) electrons. The summed E-state index contributed by atoms with van der Waals surface area (Å²) >= 11 is 7.39. The number of benzene rings is 1. The van der Waals surface area contributed by atoms with Crippen LogP contribution in [0.5, 0.6) is 0 Å². The van der Waals surface area contributed by atoms with Crippen molar-refractivity contribution in [2.45, 2.75) is 0 Å². The number of rotatable bonds is 1. The summed E-state index contributed by atoms with van der Waals surface area (Å²) in [6, 6.07) is 9.51. The predicted molar refractivity (Wildman–Crippen MR) is 68.8 cm³/mol. The predicted octanol–water partition coefficient (Wildman–Crippen LogP) is 3.53. The molecule has 0 aliphatic carbocycles. The summed E-state index contributed by atoms with van der Waals surface area (Å²) in [5, 5.41) is 0. The van der Waals surface area contributed by atoms with Gasteiger partial charge in [0.25, 0.3) is 0 Å². The Labute approximate surface area is 101 Å². The Morgan fingerprint density at radius 3 is 2.81 bits per heavy atom. The molecule has 0 saturated carbocycles. The molecule has 0 atom stereocenters. The van der Waals surface area contributed by atoms with Gasteiger partial charge in [-0.2, -0.15) is 0 Å². The number of para-hydroxylation sites is 1. The van der Waals surface area contributed by atoms with E-state index in [4.69, 9.17) is 17.3 Å². The lowest BCUT2D eigenvalue weighted by Gasteiger charge is -1.90. The van der Waals surface area contributed by atoms with Gasteiger partial charge >= 0.3 is 0 Å². The summed E-state index contributed by atoms with van der Waals surface area (Å²) in [6.45, 7) is 0. The summed E-state index contributed by atoms with van der Waals surface area (Å²) < 4.78 is 0.753. The first kappa shape index (κ1) is 9.69. The van der Waals surface area contributed by atoms with Crippen molar-refractivity contribution in [3.8, 4) is 10.7 Å². The Hall–Kier alpha value is -1.52. The molecule has 0 fully saturated rings. The summed E-state index contributed by atoms with van der Waals surface area (Å²) in [7, 11) is 0. The first-order valence-corrected chi connectivity index (χ1v) is 5.93. The van der Waals surface area contributed by atoms with E-state index in [-0.39, 0.29) is 0 Å². The quantitative estimate of drug-likeness (QED) is 0.649. The van der Waals surface area contributed by atoms with Crippen LogP contribution in [0, 0.1) is 0 Å².